The first-order valence-electron chi connectivity index (χ1n) is 5.89. The van der Waals surface area contributed by atoms with E-state index < -0.39 is 0 Å². The lowest BCUT2D eigenvalue weighted by atomic mass is 10.0. The first-order valence-corrected chi connectivity index (χ1v) is 9.56. The van der Waals surface area contributed by atoms with Crippen LogP contribution in [0.25, 0.3) is 0 Å². The molecule has 0 aromatic heterocycles. The Hall–Kier alpha value is 1.13. The minimum atomic E-state index is -0.228. The Morgan fingerprint density at radius 3 is 2.50 bits per heavy atom. The highest BCUT2D eigenvalue weighted by atomic mass is 79.9. The van der Waals surface area contributed by atoms with Crippen LogP contribution in [0.3, 0.4) is 0 Å². The molecule has 0 spiro atoms. The molecule has 1 rings (SSSR count). The molecule has 6 heteroatoms. The van der Waals surface area contributed by atoms with E-state index in [-0.39, 0.29) is 26.6 Å². The number of esters is 1. The Labute approximate surface area is 142 Å². The standard InChI is InChI=1S/C12H16Br4O2/c1-2-4-9(17)18-8-6-3-5-7(13)10(14)12(16)11(8)15/h3,6-8,10-12H,2,4-5H2,1H3/b6-3-. The average Bonchev–Trinajstić information content (AvgIpc) is 2.34. The summed E-state index contributed by atoms with van der Waals surface area (Å²) < 4.78 is 5.49. The van der Waals surface area contributed by atoms with Crippen LogP contribution in [0, 0.1) is 0 Å². The van der Waals surface area contributed by atoms with Gasteiger partial charge in [0.25, 0.3) is 0 Å². The van der Waals surface area contributed by atoms with E-state index in [9.17, 15) is 4.79 Å². The molecule has 0 saturated heterocycles. The summed E-state index contributed by atoms with van der Waals surface area (Å²) in [5.41, 5.74) is 0. The maximum Gasteiger partial charge on any atom is 0.306 e. The second kappa shape index (κ2) is 8.42. The number of carbonyl (C=O) groups is 1. The minimum Gasteiger partial charge on any atom is -0.457 e. The largest absolute Gasteiger partial charge is 0.457 e. The Bertz CT molecular complexity index is 308. The van der Waals surface area contributed by atoms with E-state index in [1.165, 1.54) is 0 Å². The smallest absolute Gasteiger partial charge is 0.306 e. The molecule has 5 unspecified atom stereocenters. The van der Waals surface area contributed by atoms with Crippen molar-refractivity contribution in [3.05, 3.63) is 12.2 Å². The molecule has 1 aliphatic rings. The van der Waals surface area contributed by atoms with Crippen LogP contribution in [-0.4, -0.2) is 31.4 Å². The van der Waals surface area contributed by atoms with E-state index in [4.69, 9.17) is 4.74 Å². The molecule has 5 atom stereocenters. The number of ether oxygens (including phenoxy) is 1. The highest BCUT2D eigenvalue weighted by Gasteiger charge is 2.35. The minimum absolute atomic E-state index is 0.0410. The van der Waals surface area contributed by atoms with Crippen LogP contribution >= 0.6 is 63.7 Å². The van der Waals surface area contributed by atoms with Gasteiger partial charge in [-0.3, -0.25) is 4.79 Å². The third kappa shape index (κ3) is 4.91. The number of rotatable bonds is 3. The van der Waals surface area contributed by atoms with Crippen molar-refractivity contribution < 1.29 is 9.53 Å². The molecule has 1 aliphatic carbocycles. The summed E-state index contributed by atoms with van der Waals surface area (Å²) >= 11 is 14.6. The van der Waals surface area contributed by atoms with E-state index in [1.807, 2.05) is 13.0 Å². The van der Waals surface area contributed by atoms with E-state index in [2.05, 4.69) is 69.8 Å². The molecule has 0 aromatic carbocycles. The van der Waals surface area contributed by atoms with Crippen LogP contribution in [0.5, 0.6) is 0 Å². The topological polar surface area (TPSA) is 26.3 Å². The maximum absolute atomic E-state index is 11.6. The van der Waals surface area contributed by atoms with Gasteiger partial charge in [-0.05, 0) is 18.9 Å². The van der Waals surface area contributed by atoms with Crippen molar-refractivity contribution >= 4 is 69.7 Å². The summed E-state index contributed by atoms with van der Waals surface area (Å²) in [5.74, 6) is -0.140. The molecule has 0 radical (unpaired) electrons. The van der Waals surface area contributed by atoms with Gasteiger partial charge >= 0.3 is 5.97 Å². The Morgan fingerprint density at radius 2 is 1.89 bits per heavy atom. The molecule has 0 aromatic rings. The first kappa shape index (κ1) is 17.2. The van der Waals surface area contributed by atoms with Crippen molar-refractivity contribution in [2.45, 2.75) is 51.6 Å². The summed E-state index contributed by atoms with van der Waals surface area (Å²) in [6, 6.07) is 0. The number of alkyl halides is 4. The van der Waals surface area contributed by atoms with Crippen molar-refractivity contribution in [3.8, 4) is 0 Å². The maximum atomic E-state index is 11.6. The monoisotopic (exact) mass is 508 g/mol. The van der Waals surface area contributed by atoms with Crippen LogP contribution in [0.1, 0.15) is 26.2 Å². The molecule has 0 heterocycles. The molecule has 0 fully saturated rings. The second-order valence-electron chi connectivity index (χ2n) is 4.22. The molecule has 0 aliphatic heterocycles. The molecule has 18 heavy (non-hydrogen) atoms. The molecule has 104 valence electrons. The van der Waals surface area contributed by atoms with Crippen LogP contribution in [-0.2, 0) is 9.53 Å². The van der Waals surface area contributed by atoms with Crippen LogP contribution in [0.4, 0.5) is 0 Å². The highest BCUT2D eigenvalue weighted by molar-refractivity contribution is 9.14. The summed E-state index contributed by atoms with van der Waals surface area (Å²) in [6.07, 6.45) is 5.98. The summed E-state index contributed by atoms with van der Waals surface area (Å²) in [4.78, 5) is 12.4. The average molecular weight is 512 g/mol. The Morgan fingerprint density at radius 1 is 1.22 bits per heavy atom. The Kier molecular flexibility index (Phi) is 8.04. The summed E-state index contributed by atoms with van der Waals surface area (Å²) in [7, 11) is 0. The fourth-order valence-electron chi connectivity index (χ4n) is 1.65. The van der Waals surface area contributed by atoms with E-state index in [0.29, 0.717) is 11.2 Å². The lowest BCUT2D eigenvalue weighted by Crippen LogP contribution is -2.40. The molecular weight excluding hydrogens is 496 g/mol. The zero-order valence-corrected chi connectivity index (χ0v) is 16.3. The van der Waals surface area contributed by atoms with Crippen LogP contribution < -0.4 is 0 Å². The first-order chi connectivity index (χ1) is 8.47. The molecule has 0 amide bonds. The highest BCUT2D eigenvalue weighted by Crippen LogP contribution is 2.34. The van der Waals surface area contributed by atoms with Crippen molar-refractivity contribution in [1.29, 1.82) is 0 Å². The SMILES string of the molecule is CCCC(=O)OC1/C=C\CC(Br)C(Br)C(Br)C1Br. The van der Waals surface area contributed by atoms with E-state index >= 15 is 0 Å². The van der Waals surface area contributed by atoms with Crippen molar-refractivity contribution in [2.24, 2.45) is 0 Å². The van der Waals surface area contributed by atoms with Gasteiger partial charge in [0.05, 0.1) is 4.83 Å². The molecule has 0 saturated carbocycles. The molecule has 0 bridgehead atoms. The predicted octanol–water partition coefficient (Wildman–Crippen LogP) is 4.71. The molecular formula is C12H16Br4O2. The zero-order valence-electron chi connectivity index (χ0n) is 9.99. The van der Waals surface area contributed by atoms with Gasteiger partial charge < -0.3 is 4.74 Å². The predicted molar refractivity (Wildman–Crippen MR) is 89.4 cm³/mol. The number of halogens is 4. The molecule has 2 nitrogen and oxygen atoms in total. The number of allylic oxidation sites excluding steroid dienone is 1. The fourth-order valence-corrected chi connectivity index (χ4v) is 4.85. The van der Waals surface area contributed by atoms with Crippen molar-refractivity contribution in [3.63, 3.8) is 0 Å². The normalized spacial score (nSPS) is 38.6. The number of hydrogen-bond donors (Lipinski definition) is 0. The zero-order chi connectivity index (χ0) is 13.7. The van der Waals surface area contributed by atoms with Crippen molar-refractivity contribution in [2.75, 3.05) is 0 Å². The van der Waals surface area contributed by atoms with Gasteiger partial charge in [-0.2, -0.15) is 0 Å². The van der Waals surface area contributed by atoms with Gasteiger partial charge in [-0.25, -0.2) is 0 Å². The Balaban J connectivity index is 2.74. The van der Waals surface area contributed by atoms with Gasteiger partial charge in [0.2, 0.25) is 0 Å². The lowest BCUT2D eigenvalue weighted by molar-refractivity contribution is -0.146. The summed E-state index contributed by atoms with van der Waals surface area (Å²) in [5, 5.41) is 0. The quantitative estimate of drug-likeness (QED) is 0.312. The van der Waals surface area contributed by atoms with Crippen molar-refractivity contribution in [1.82, 2.24) is 0 Å². The number of carbonyl (C=O) groups excluding carboxylic acids is 1. The van der Waals surface area contributed by atoms with E-state index in [1.54, 1.807) is 0 Å². The van der Waals surface area contributed by atoms with Crippen LogP contribution in [0.2, 0.25) is 0 Å². The van der Waals surface area contributed by atoms with Gasteiger partial charge in [0.1, 0.15) is 6.10 Å². The second-order valence-corrected chi connectivity index (χ2v) is 8.57. The summed E-state index contributed by atoms with van der Waals surface area (Å²) in [6.45, 7) is 1.97. The van der Waals surface area contributed by atoms with Gasteiger partial charge in [0.15, 0.2) is 0 Å². The van der Waals surface area contributed by atoms with Gasteiger partial charge in [0, 0.05) is 20.9 Å². The fraction of sp³-hybridized carbons (Fsp3) is 0.750. The van der Waals surface area contributed by atoms with Gasteiger partial charge in [-0.1, -0.05) is 76.7 Å². The third-order valence-electron chi connectivity index (χ3n) is 2.68. The van der Waals surface area contributed by atoms with Gasteiger partial charge in [-0.15, -0.1) is 0 Å². The number of hydrogen-bond acceptors (Lipinski definition) is 2. The van der Waals surface area contributed by atoms with Crippen LogP contribution in [0.15, 0.2) is 12.2 Å². The molecule has 0 N–H and O–H groups in total. The third-order valence-corrected chi connectivity index (χ3v) is 9.19. The lowest BCUT2D eigenvalue weighted by Gasteiger charge is -2.31. The van der Waals surface area contributed by atoms with E-state index in [0.717, 1.165) is 12.8 Å².